The van der Waals surface area contributed by atoms with Crippen molar-refractivity contribution in [3.05, 3.63) is 0 Å². The molecule has 1 saturated carbocycles. The maximum Gasteiger partial charge on any atom is 0.324 e. The zero-order valence-electron chi connectivity index (χ0n) is 14.0. The van der Waals surface area contributed by atoms with Gasteiger partial charge in [-0.15, -0.1) is 0 Å². The summed E-state index contributed by atoms with van der Waals surface area (Å²) in [5.74, 6) is -1.09. The fourth-order valence-corrected chi connectivity index (χ4v) is 2.34. The van der Waals surface area contributed by atoms with E-state index in [1.807, 2.05) is 0 Å². The average Bonchev–Trinajstić information content (AvgIpc) is 2.25. The summed E-state index contributed by atoms with van der Waals surface area (Å²) in [4.78, 5) is 25.1. The van der Waals surface area contributed by atoms with E-state index in [0.717, 1.165) is 0 Å². The highest BCUT2D eigenvalue weighted by atomic mass is 16.6. The first-order chi connectivity index (χ1) is 9.36. The van der Waals surface area contributed by atoms with E-state index in [4.69, 9.17) is 9.47 Å². The summed E-state index contributed by atoms with van der Waals surface area (Å²) in [6.07, 6.45) is 0.857. The smallest absolute Gasteiger partial charge is 0.324 e. The second-order valence-corrected chi connectivity index (χ2v) is 7.82. The zero-order valence-corrected chi connectivity index (χ0v) is 14.0. The van der Waals surface area contributed by atoms with Gasteiger partial charge in [0.05, 0.1) is 6.10 Å². The molecule has 0 spiro atoms. The van der Waals surface area contributed by atoms with E-state index in [0.29, 0.717) is 12.8 Å². The average molecular weight is 300 g/mol. The number of aliphatic hydroxyl groups is 1. The molecule has 0 saturated heterocycles. The van der Waals surface area contributed by atoms with Gasteiger partial charge in [-0.1, -0.05) is 0 Å². The lowest BCUT2D eigenvalue weighted by molar-refractivity contribution is -0.189. The highest BCUT2D eigenvalue weighted by Gasteiger charge is 2.52. The third kappa shape index (κ3) is 4.99. The molecule has 122 valence electrons. The molecule has 1 aliphatic rings. The van der Waals surface area contributed by atoms with Gasteiger partial charge in [0.15, 0.2) is 5.41 Å². The fraction of sp³-hybridized carbons (Fsp3) is 0.875. The quantitative estimate of drug-likeness (QED) is 0.627. The second kappa shape index (κ2) is 5.95. The molecule has 0 amide bonds. The number of hydrogen-bond donors (Lipinski definition) is 1. The summed E-state index contributed by atoms with van der Waals surface area (Å²) in [6, 6.07) is 0. The first kappa shape index (κ1) is 18.0. The highest BCUT2D eigenvalue weighted by Crippen LogP contribution is 2.40. The van der Waals surface area contributed by atoms with Crippen LogP contribution in [0.3, 0.4) is 0 Å². The van der Waals surface area contributed by atoms with Crippen molar-refractivity contribution in [3.63, 3.8) is 0 Å². The maximum absolute atomic E-state index is 12.6. The van der Waals surface area contributed by atoms with Gasteiger partial charge in [-0.05, 0) is 67.2 Å². The molecule has 0 aliphatic heterocycles. The van der Waals surface area contributed by atoms with E-state index >= 15 is 0 Å². The standard InChI is InChI=1S/C16H28O5/c1-14(2,3)20-12(18)16(9-7-11(17)8-10-16)13(19)21-15(4,5)6/h11,17H,7-10H2,1-6H3. The zero-order chi connectivity index (χ0) is 16.5. The van der Waals surface area contributed by atoms with E-state index in [1.54, 1.807) is 41.5 Å². The molecular formula is C16H28O5. The molecule has 1 aliphatic carbocycles. The fourth-order valence-electron chi connectivity index (χ4n) is 2.34. The molecule has 0 aromatic rings. The van der Waals surface area contributed by atoms with E-state index in [2.05, 4.69) is 0 Å². The van der Waals surface area contributed by atoms with Crippen LogP contribution in [0.2, 0.25) is 0 Å². The molecule has 21 heavy (non-hydrogen) atoms. The topological polar surface area (TPSA) is 72.8 Å². The molecule has 0 radical (unpaired) electrons. The summed E-state index contributed by atoms with van der Waals surface area (Å²) in [6.45, 7) is 10.6. The Morgan fingerprint density at radius 3 is 1.52 bits per heavy atom. The maximum atomic E-state index is 12.6. The molecule has 1 rings (SSSR count). The molecule has 0 aromatic heterocycles. The number of carbonyl (C=O) groups excluding carboxylic acids is 2. The van der Waals surface area contributed by atoms with E-state index in [9.17, 15) is 14.7 Å². The van der Waals surface area contributed by atoms with Crippen molar-refractivity contribution in [2.45, 2.75) is 84.5 Å². The molecule has 0 atom stereocenters. The van der Waals surface area contributed by atoms with Gasteiger partial charge in [-0.3, -0.25) is 9.59 Å². The number of carbonyl (C=O) groups is 2. The van der Waals surface area contributed by atoms with Crippen LogP contribution in [0.15, 0.2) is 0 Å². The van der Waals surface area contributed by atoms with Crippen LogP contribution in [0.5, 0.6) is 0 Å². The lowest BCUT2D eigenvalue weighted by Gasteiger charge is -2.38. The van der Waals surface area contributed by atoms with Crippen molar-refractivity contribution in [2.24, 2.45) is 5.41 Å². The minimum absolute atomic E-state index is 0.262. The van der Waals surface area contributed by atoms with Crippen LogP contribution in [0.1, 0.15) is 67.2 Å². The molecule has 0 bridgehead atoms. The van der Waals surface area contributed by atoms with Crippen molar-refractivity contribution in [1.82, 2.24) is 0 Å². The largest absolute Gasteiger partial charge is 0.459 e. The van der Waals surface area contributed by atoms with Gasteiger partial charge in [0.1, 0.15) is 11.2 Å². The highest BCUT2D eigenvalue weighted by molar-refractivity contribution is 6.00. The van der Waals surface area contributed by atoms with Crippen LogP contribution in [0.4, 0.5) is 0 Å². The van der Waals surface area contributed by atoms with Gasteiger partial charge >= 0.3 is 11.9 Å². The van der Waals surface area contributed by atoms with E-state index in [1.165, 1.54) is 0 Å². The Morgan fingerprint density at radius 1 is 0.905 bits per heavy atom. The second-order valence-electron chi connectivity index (χ2n) is 7.82. The molecule has 1 N–H and O–H groups in total. The molecule has 0 unspecified atom stereocenters. The summed E-state index contributed by atoms with van der Waals surface area (Å²) in [5, 5.41) is 9.67. The number of aliphatic hydroxyl groups excluding tert-OH is 1. The third-order valence-electron chi connectivity index (χ3n) is 3.39. The summed E-state index contributed by atoms with van der Waals surface area (Å²) < 4.78 is 10.9. The van der Waals surface area contributed by atoms with Crippen molar-refractivity contribution >= 4 is 11.9 Å². The molecule has 0 heterocycles. The predicted octanol–water partition coefficient (Wildman–Crippen LogP) is 2.59. The Bertz CT molecular complexity index is 362. The lowest BCUT2D eigenvalue weighted by atomic mass is 9.73. The number of ether oxygens (including phenoxy) is 2. The minimum atomic E-state index is -1.29. The SMILES string of the molecule is CC(C)(C)OC(=O)C1(C(=O)OC(C)(C)C)CCC(O)CC1. The molecule has 1 fully saturated rings. The van der Waals surface area contributed by atoms with Gasteiger partial charge in [-0.2, -0.15) is 0 Å². The summed E-state index contributed by atoms with van der Waals surface area (Å²) in [7, 11) is 0. The van der Waals surface area contributed by atoms with E-state index < -0.39 is 34.7 Å². The Hall–Kier alpha value is -1.10. The Labute approximate surface area is 127 Å². The first-order valence-electron chi connectivity index (χ1n) is 7.51. The summed E-state index contributed by atoms with van der Waals surface area (Å²) >= 11 is 0. The third-order valence-corrected chi connectivity index (χ3v) is 3.39. The van der Waals surface area contributed by atoms with Crippen LogP contribution in [0, 0.1) is 5.41 Å². The number of rotatable bonds is 2. The van der Waals surface area contributed by atoms with E-state index in [-0.39, 0.29) is 12.8 Å². The first-order valence-corrected chi connectivity index (χ1v) is 7.51. The summed E-state index contributed by atoms with van der Waals surface area (Å²) in [5.41, 5.74) is -2.62. The number of hydrogen-bond acceptors (Lipinski definition) is 5. The van der Waals surface area contributed by atoms with Crippen molar-refractivity contribution in [3.8, 4) is 0 Å². The Balaban J connectivity index is 3.01. The normalized spacial score (nSPS) is 20.0. The minimum Gasteiger partial charge on any atom is -0.459 e. The molecular weight excluding hydrogens is 272 g/mol. The van der Waals surface area contributed by atoms with Crippen molar-refractivity contribution < 1.29 is 24.2 Å². The molecule has 5 heteroatoms. The molecule has 0 aromatic carbocycles. The predicted molar refractivity (Wildman–Crippen MR) is 78.6 cm³/mol. The van der Waals surface area contributed by atoms with Crippen molar-refractivity contribution in [1.29, 1.82) is 0 Å². The Kier molecular flexibility index (Phi) is 5.09. The van der Waals surface area contributed by atoms with Gasteiger partial charge in [0.25, 0.3) is 0 Å². The number of esters is 2. The van der Waals surface area contributed by atoms with Crippen LogP contribution < -0.4 is 0 Å². The van der Waals surface area contributed by atoms with Crippen LogP contribution in [-0.4, -0.2) is 34.4 Å². The lowest BCUT2D eigenvalue weighted by Crippen LogP contribution is -2.49. The molecule has 5 nitrogen and oxygen atoms in total. The van der Waals surface area contributed by atoms with Gasteiger partial charge < -0.3 is 14.6 Å². The van der Waals surface area contributed by atoms with Gasteiger partial charge in [0.2, 0.25) is 0 Å². The van der Waals surface area contributed by atoms with Gasteiger partial charge in [-0.25, -0.2) is 0 Å². The van der Waals surface area contributed by atoms with Crippen LogP contribution in [-0.2, 0) is 19.1 Å². The monoisotopic (exact) mass is 300 g/mol. The van der Waals surface area contributed by atoms with Crippen molar-refractivity contribution in [2.75, 3.05) is 0 Å². The van der Waals surface area contributed by atoms with Crippen LogP contribution in [0.25, 0.3) is 0 Å². The Morgan fingerprint density at radius 2 is 1.24 bits per heavy atom. The van der Waals surface area contributed by atoms with Gasteiger partial charge in [0, 0.05) is 0 Å². The van der Waals surface area contributed by atoms with Crippen LogP contribution >= 0.6 is 0 Å².